The smallest absolute Gasteiger partial charge is 0.311 e. The SMILES string of the molecule is Cc1noc(C)c1[C@H](C)NC(=O)c1ccc(O)c([N+](=O)[O-])c1. The molecule has 0 aliphatic carbocycles. The predicted octanol–water partition coefficient (Wildman–Crippen LogP) is 2.40. The summed E-state index contributed by atoms with van der Waals surface area (Å²) in [6, 6.07) is 3.10. The van der Waals surface area contributed by atoms with E-state index in [2.05, 4.69) is 10.5 Å². The van der Waals surface area contributed by atoms with Crippen molar-refractivity contribution in [2.45, 2.75) is 26.8 Å². The fraction of sp³-hybridized carbons (Fsp3) is 0.286. The number of carbonyl (C=O) groups is 1. The molecule has 2 N–H and O–H groups in total. The number of nitro groups is 1. The molecule has 0 aliphatic rings. The van der Waals surface area contributed by atoms with Gasteiger partial charge in [0.1, 0.15) is 5.76 Å². The summed E-state index contributed by atoms with van der Waals surface area (Å²) < 4.78 is 5.05. The molecule has 1 heterocycles. The molecule has 2 rings (SSSR count). The lowest BCUT2D eigenvalue weighted by atomic mass is 10.1. The topological polar surface area (TPSA) is 118 Å². The summed E-state index contributed by atoms with van der Waals surface area (Å²) in [4.78, 5) is 22.2. The van der Waals surface area contributed by atoms with Crippen LogP contribution in [-0.4, -0.2) is 21.1 Å². The van der Waals surface area contributed by atoms with Gasteiger partial charge in [-0.2, -0.15) is 0 Å². The van der Waals surface area contributed by atoms with Crippen molar-refractivity contribution < 1.29 is 19.3 Å². The van der Waals surface area contributed by atoms with E-state index in [-0.39, 0.29) is 11.6 Å². The molecule has 0 unspecified atom stereocenters. The van der Waals surface area contributed by atoms with Gasteiger partial charge < -0.3 is 14.9 Å². The summed E-state index contributed by atoms with van der Waals surface area (Å²) in [5.74, 6) is -0.377. The number of rotatable bonds is 4. The minimum Gasteiger partial charge on any atom is -0.502 e. The lowest BCUT2D eigenvalue weighted by molar-refractivity contribution is -0.385. The molecule has 0 spiro atoms. The summed E-state index contributed by atoms with van der Waals surface area (Å²) in [6.07, 6.45) is 0. The zero-order chi connectivity index (χ0) is 16.4. The maximum Gasteiger partial charge on any atom is 0.311 e. The molecule has 8 heteroatoms. The van der Waals surface area contributed by atoms with Crippen LogP contribution in [0.15, 0.2) is 22.7 Å². The van der Waals surface area contributed by atoms with E-state index in [0.29, 0.717) is 11.5 Å². The lowest BCUT2D eigenvalue weighted by Crippen LogP contribution is -2.27. The first-order valence-corrected chi connectivity index (χ1v) is 6.52. The van der Waals surface area contributed by atoms with Crippen LogP contribution in [0, 0.1) is 24.0 Å². The van der Waals surface area contributed by atoms with E-state index in [0.717, 1.165) is 17.7 Å². The van der Waals surface area contributed by atoms with Crippen molar-refractivity contribution in [2.75, 3.05) is 0 Å². The fourth-order valence-electron chi connectivity index (χ4n) is 2.27. The van der Waals surface area contributed by atoms with Crippen LogP contribution in [0.1, 0.15) is 40.3 Å². The number of carbonyl (C=O) groups excluding carboxylic acids is 1. The van der Waals surface area contributed by atoms with Crippen LogP contribution in [0.4, 0.5) is 5.69 Å². The third-order valence-corrected chi connectivity index (χ3v) is 3.30. The number of aryl methyl sites for hydroxylation is 2. The molecule has 1 aromatic carbocycles. The van der Waals surface area contributed by atoms with Gasteiger partial charge in [0.2, 0.25) is 0 Å². The van der Waals surface area contributed by atoms with Crippen LogP contribution >= 0.6 is 0 Å². The first kappa shape index (κ1) is 15.5. The number of aromatic hydroxyl groups is 1. The van der Waals surface area contributed by atoms with Crippen LogP contribution in [0.5, 0.6) is 5.75 Å². The van der Waals surface area contributed by atoms with Crippen molar-refractivity contribution in [3.05, 3.63) is 50.9 Å². The molecule has 22 heavy (non-hydrogen) atoms. The Morgan fingerprint density at radius 2 is 2.14 bits per heavy atom. The van der Waals surface area contributed by atoms with Gasteiger partial charge in [0.05, 0.1) is 16.7 Å². The number of phenolic OH excluding ortho intramolecular Hbond substituents is 1. The van der Waals surface area contributed by atoms with E-state index in [4.69, 9.17) is 4.52 Å². The zero-order valence-corrected chi connectivity index (χ0v) is 12.3. The Labute approximate surface area is 125 Å². The Morgan fingerprint density at radius 3 is 2.68 bits per heavy atom. The van der Waals surface area contributed by atoms with Crippen LogP contribution < -0.4 is 5.32 Å². The highest BCUT2D eigenvalue weighted by Gasteiger charge is 2.21. The van der Waals surface area contributed by atoms with Crippen LogP contribution in [0.2, 0.25) is 0 Å². The molecule has 1 amide bonds. The van der Waals surface area contributed by atoms with Crippen molar-refractivity contribution in [1.29, 1.82) is 0 Å². The number of nitrogens with one attached hydrogen (secondary N) is 1. The highest BCUT2D eigenvalue weighted by molar-refractivity contribution is 5.95. The normalized spacial score (nSPS) is 12.0. The number of nitro benzene ring substituents is 1. The molecule has 0 aliphatic heterocycles. The summed E-state index contributed by atoms with van der Waals surface area (Å²) in [6.45, 7) is 5.27. The van der Waals surface area contributed by atoms with Gasteiger partial charge in [-0.05, 0) is 32.9 Å². The summed E-state index contributed by atoms with van der Waals surface area (Å²) in [7, 11) is 0. The van der Waals surface area contributed by atoms with Gasteiger partial charge in [-0.3, -0.25) is 14.9 Å². The maximum atomic E-state index is 12.2. The average Bonchev–Trinajstić information content (AvgIpc) is 2.78. The lowest BCUT2D eigenvalue weighted by Gasteiger charge is -2.13. The van der Waals surface area contributed by atoms with Crippen molar-refractivity contribution in [1.82, 2.24) is 10.5 Å². The number of amides is 1. The Morgan fingerprint density at radius 1 is 1.45 bits per heavy atom. The molecular weight excluding hydrogens is 290 g/mol. The number of nitrogens with zero attached hydrogens (tertiary/aromatic N) is 2. The highest BCUT2D eigenvalue weighted by atomic mass is 16.6. The Hall–Kier alpha value is -2.90. The van der Waals surface area contributed by atoms with Gasteiger partial charge in [-0.15, -0.1) is 0 Å². The zero-order valence-electron chi connectivity index (χ0n) is 12.3. The monoisotopic (exact) mass is 305 g/mol. The second-order valence-corrected chi connectivity index (χ2v) is 4.89. The first-order valence-electron chi connectivity index (χ1n) is 6.52. The molecule has 0 radical (unpaired) electrons. The van der Waals surface area contributed by atoms with Gasteiger partial charge in [0.15, 0.2) is 5.75 Å². The van der Waals surface area contributed by atoms with Gasteiger partial charge in [0, 0.05) is 17.2 Å². The number of aromatic nitrogens is 1. The van der Waals surface area contributed by atoms with E-state index in [1.54, 1.807) is 20.8 Å². The molecule has 0 saturated carbocycles. The average molecular weight is 305 g/mol. The van der Waals surface area contributed by atoms with Crippen molar-refractivity contribution >= 4 is 11.6 Å². The highest BCUT2D eigenvalue weighted by Crippen LogP contribution is 2.27. The van der Waals surface area contributed by atoms with E-state index in [9.17, 15) is 20.0 Å². The van der Waals surface area contributed by atoms with E-state index in [1.165, 1.54) is 6.07 Å². The van der Waals surface area contributed by atoms with Crippen LogP contribution in [0.3, 0.4) is 0 Å². The van der Waals surface area contributed by atoms with E-state index >= 15 is 0 Å². The second-order valence-electron chi connectivity index (χ2n) is 4.89. The van der Waals surface area contributed by atoms with Gasteiger partial charge in [-0.1, -0.05) is 5.16 Å². The maximum absolute atomic E-state index is 12.2. The minimum atomic E-state index is -0.746. The molecule has 1 atom stereocenters. The van der Waals surface area contributed by atoms with Crippen molar-refractivity contribution in [3.63, 3.8) is 0 Å². The summed E-state index contributed by atoms with van der Waals surface area (Å²) in [5.41, 5.74) is 1.00. The van der Waals surface area contributed by atoms with E-state index in [1.807, 2.05) is 0 Å². The Balaban J connectivity index is 2.23. The predicted molar refractivity (Wildman–Crippen MR) is 76.6 cm³/mol. The van der Waals surface area contributed by atoms with Gasteiger partial charge >= 0.3 is 5.69 Å². The third-order valence-electron chi connectivity index (χ3n) is 3.30. The van der Waals surface area contributed by atoms with Crippen molar-refractivity contribution in [3.8, 4) is 5.75 Å². The molecular formula is C14H15N3O5. The number of phenols is 1. The standard InChI is InChI=1S/C14H15N3O5/c1-7(13-8(2)16-22-9(13)3)15-14(19)10-4-5-12(18)11(6-10)17(20)21/h4-7,18H,1-3H3,(H,15,19)/t7-/m0/s1. The second kappa shape index (κ2) is 5.84. The molecule has 2 aromatic rings. The first-order chi connectivity index (χ1) is 10.3. The molecule has 0 bridgehead atoms. The fourth-order valence-corrected chi connectivity index (χ4v) is 2.27. The van der Waals surface area contributed by atoms with Crippen LogP contribution in [-0.2, 0) is 0 Å². The van der Waals surface area contributed by atoms with Crippen molar-refractivity contribution in [2.24, 2.45) is 0 Å². The van der Waals surface area contributed by atoms with E-state index < -0.39 is 22.3 Å². The molecule has 8 nitrogen and oxygen atoms in total. The van der Waals surface area contributed by atoms with Crippen LogP contribution in [0.25, 0.3) is 0 Å². The molecule has 1 aromatic heterocycles. The Bertz CT molecular complexity index is 719. The quantitative estimate of drug-likeness (QED) is 0.661. The van der Waals surface area contributed by atoms with Gasteiger partial charge in [0.25, 0.3) is 5.91 Å². The van der Waals surface area contributed by atoms with Gasteiger partial charge in [-0.25, -0.2) is 0 Å². The summed E-state index contributed by atoms with van der Waals surface area (Å²) >= 11 is 0. The third kappa shape index (κ3) is 2.90. The Kier molecular flexibility index (Phi) is 4.11. The molecule has 0 saturated heterocycles. The molecule has 0 fully saturated rings. The largest absolute Gasteiger partial charge is 0.502 e. The molecule has 116 valence electrons. The number of benzene rings is 1. The number of hydrogen-bond donors (Lipinski definition) is 2. The summed E-state index contributed by atoms with van der Waals surface area (Å²) in [5, 5.41) is 26.7. The number of hydrogen-bond acceptors (Lipinski definition) is 6. The minimum absolute atomic E-state index is 0.0862.